The maximum atomic E-state index is 11.3. The standard InChI is InChI=1S/C20H14N2O2.C20H14N2/c23-22(24)19-9-5-4-8-18(19)16-11-10-15-12-13-21(20(15)14-16)17-6-2-1-3-7-17;1-2-6-15(7-3-1)22-13-12-14-10-11-17-16-8-4-5-9-18(16)21-19(17)20(14)22/h1-14H;1-13,21H. The third-order valence-corrected chi connectivity index (χ3v) is 8.50. The van der Waals surface area contributed by atoms with Gasteiger partial charge in [0.05, 0.1) is 27.0 Å². The van der Waals surface area contributed by atoms with E-state index in [1.807, 2.05) is 72.9 Å². The van der Waals surface area contributed by atoms with Crippen LogP contribution in [0.25, 0.3) is 66.1 Å². The van der Waals surface area contributed by atoms with Gasteiger partial charge in [0.1, 0.15) is 0 Å². The molecule has 220 valence electrons. The van der Waals surface area contributed by atoms with Crippen molar-refractivity contribution < 1.29 is 4.92 Å². The molecule has 0 amide bonds. The number of aromatic amines is 1. The molecule has 0 atom stereocenters. The number of aromatic nitrogens is 3. The number of para-hydroxylation sites is 4. The van der Waals surface area contributed by atoms with Crippen molar-refractivity contribution in [2.24, 2.45) is 0 Å². The molecule has 0 aliphatic rings. The second-order valence-corrected chi connectivity index (χ2v) is 11.2. The van der Waals surface area contributed by atoms with Crippen molar-refractivity contribution in [1.82, 2.24) is 14.1 Å². The number of nitro groups is 1. The van der Waals surface area contributed by atoms with Crippen LogP contribution in [0.2, 0.25) is 0 Å². The molecule has 0 aliphatic carbocycles. The molecule has 9 aromatic rings. The second kappa shape index (κ2) is 11.3. The van der Waals surface area contributed by atoms with Crippen LogP contribution in [0.1, 0.15) is 0 Å². The SMILES string of the molecule is O=[N+]([O-])c1ccccc1-c1ccc2ccn(-c3ccccc3)c2c1.c1ccc(-n2ccc3ccc4c5ccccc5[nH]c4c32)cc1. The summed E-state index contributed by atoms with van der Waals surface area (Å²) in [6.07, 6.45) is 4.16. The van der Waals surface area contributed by atoms with Gasteiger partial charge in [0.2, 0.25) is 0 Å². The molecule has 0 fully saturated rings. The minimum Gasteiger partial charge on any atom is -0.353 e. The molecular formula is C40H28N4O2. The number of H-pyrrole nitrogens is 1. The third kappa shape index (κ3) is 4.69. The highest BCUT2D eigenvalue weighted by molar-refractivity contribution is 6.16. The molecule has 3 heterocycles. The Morgan fingerprint density at radius 2 is 1.20 bits per heavy atom. The summed E-state index contributed by atoms with van der Waals surface area (Å²) in [5.74, 6) is 0. The van der Waals surface area contributed by atoms with Crippen molar-refractivity contribution in [2.45, 2.75) is 0 Å². The van der Waals surface area contributed by atoms with Crippen LogP contribution in [-0.2, 0) is 0 Å². The average molecular weight is 597 g/mol. The van der Waals surface area contributed by atoms with Crippen molar-refractivity contribution in [1.29, 1.82) is 0 Å². The maximum Gasteiger partial charge on any atom is 0.277 e. The molecule has 1 N–H and O–H groups in total. The van der Waals surface area contributed by atoms with Crippen LogP contribution in [0.4, 0.5) is 5.69 Å². The number of nitrogens with zero attached hydrogens (tertiary/aromatic N) is 3. The highest BCUT2D eigenvalue weighted by Gasteiger charge is 2.15. The van der Waals surface area contributed by atoms with Gasteiger partial charge in [-0.15, -0.1) is 0 Å². The number of benzene rings is 6. The van der Waals surface area contributed by atoms with Crippen LogP contribution < -0.4 is 0 Å². The first kappa shape index (κ1) is 27.2. The fourth-order valence-electron chi connectivity index (χ4n) is 6.33. The van der Waals surface area contributed by atoms with Gasteiger partial charge in [-0.25, -0.2) is 0 Å². The summed E-state index contributed by atoms with van der Waals surface area (Å²) in [7, 11) is 0. The number of rotatable bonds is 4. The molecule has 0 spiro atoms. The Bertz CT molecular complexity index is 2510. The monoisotopic (exact) mass is 596 g/mol. The number of fused-ring (bicyclic) bond motifs is 6. The molecule has 46 heavy (non-hydrogen) atoms. The molecule has 3 aromatic heterocycles. The molecule has 9 rings (SSSR count). The quantitative estimate of drug-likeness (QED) is 0.162. The van der Waals surface area contributed by atoms with Gasteiger partial charge in [0, 0.05) is 51.5 Å². The molecule has 0 saturated heterocycles. The van der Waals surface area contributed by atoms with Gasteiger partial charge in [0.15, 0.2) is 0 Å². The predicted molar refractivity (Wildman–Crippen MR) is 188 cm³/mol. The number of nitrogens with one attached hydrogen (secondary N) is 1. The Kier molecular flexibility index (Phi) is 6.65. The summed E-state index contributed by atoms with van der Waals surface area (Å²) in [5.41, 5.74) is 8.48. The molecule has 6 aromatic carbocycles. The minimum absolute atomic E-state index is 0.120. The largest absolute Gasteiger partial charge is 0.353 e. The van der Waals surface area contributed by atoms with Crippen molar-refractivity contribution in [2.75, 3.05) is 0 Å². The molecule has 0 aliphatic heterocycles. The summed E-state index contributed by atoms with van der Waals surface area (Å²) in [6.45, 7) is 0. The summed E-state index contributed by atoms with van der Waals surface area (Å²) in [6, 6.07) is 50.4. The zero-order chi connectivity index (χ0) is 31.0. The van der Waals surface area contributed by atoms with Gasteiger partial charge in [-0.05, 0) is 65.5 Å². The van der Waals surface area contributed by atoms with E-state index in [0.717, 1.165) is 22.2 Å². The summed E-state index contributed by atoms with van der Waals surface area (Å²) in [4.78, 5) is 14.6. The van der Waals surface area contributed by atoms with E-state index in [1.54, 1.807) is 12.1 Å². The molecule has 0 saturated carbocycles. The van der Waals surface area contributed by atoms with E-state index in [0.29, 0.717) is 5.56 Å². The zero-order valence-corrected chi connectivity index (χ0v) is 24.7. The Hall–Kier alpha value is -6.40. The third-order valence-electron chi connectivity index (χ3n) is 8.50. The van der Waals surface area contributed by atoms with Gasteiger partial charge >= 0.3 is 0 Å². The van der Waals surface area contributed by atoms with Gasteiger partial charge in [0.25, 0.3) is 5.69 Å². The first-order chi connectivity index (χ1) is 22.7. The van der Waals surface area contributed by atoms with E-state index in [-0.39, 0.29) is 10.6 Å². The number of nitro benzene ring substituents is 1. The normalized spacial score (nSPS) is 11.2. The summed E-state index contributed by atoms with van der Waals surface area (Å²) in [5, 5.41) is 16.2. The Morgan fingerprint density at radius 3 is 1.98 bits per heavy atom. The van der Waals surface area contributed by atoms with E-state index in [9.17, 15) is 10.1 Å². The number of hydrogen-bond acceptors (Lipinski definition) is 2. The van der Waals surface area contributed by atoms with Gasteiger partial charge in [-0.2, -0.15) is 0 Å². The van der Waals surface area contributed by atoms with Crippen molar-refractivity contribution in [3.05, 3.63) is 174 Å². The first-order valence-electron chi connectivity index (χ1n) is 15.1. The predicted octanol–water partition coefficient (Wildman–Crippen LogP) is 10.5. The van der Waals surface area contributed by atoms with Crippen LogP contribution in [-0.4, -0.2) is 19.0 Å². The minimum atomic E-state index is -0.338. The van der Waals surface area contributed by atoms with Crippen molar-refractivity contribution in [3.63, 3.8) is 0 Å². The lowest BCUT2D eigenvalue weighted by Gasteiger charge is -2.08. The highest BCUT2D eigenvalue weighted by Crippen LogP contribution is 2.34. The van der Waals surface area contributed by atoms with E-state index in [4.69, 9.17) is 0 Å². The van der Waals surface area contributed by atoms with Gasteiger partial charge in [-0.1, -0.05) is 91.0 Å². The summed E-state index contributed by atoms with van der Waals surface area (Å²) < 4.78 is 4.35. The van der Waals surface area contributed by atoms with Crippen LogP contribution in [0.15, 0.2) is 164 Å². The van der Waals surface area contributed by atoms with Crippen molar-refractivity contribution in [3.8, 4) is 22.5 Å². The van der Waals surface area contributed by atoms with E-state index in [2.05, 4.69) is 87.0 Å². The molecular weight excluding hydrogens is 568 g/mol. The van der Waals surface area contributed by atoms with E-state index in [1.165, 1.54) is 44.5 Å². The van der Waals surface area contributed by atoms with Gasteiger partial charge in [-0.3, -0.25) is 10.1 Å². The average Bonchev–Trinajstić information content (AvgIpc) is 3.84. The molecule has 6 nitrogen and oxygen atoms in total. The van der Waals surface area contributed by atoms with E-state index >= 15 is 0 Å². The lowest BCUT2D eigenvalue weighted by molar-refractivity contribution is -0.384. The number of hydrogen-bond donors (Lipinski definition) is 1. The fraction of sp³-hybridized carbons (Fsp3) is 0. The van der Waals surface area contributed by atoms with Crippen LogP contribution in [0, 0.1) is 10.1 Å². The van der Waals surface area contributed by atoms with Crippen LogP contribution in [0.5, 0.6) is 0 Å². The van der Waals surface area contributed by atoms with Crippen LogP contribution in [0.3, 0.4) is 0 Å². The Morgan fingerprint density at radius 1 is 0.565 bits per heavy atom. The van der Waals surface area contributed by atoms with E-state index < -0.39 is 0 Å². The van der Waals surface area contributed by atoms with Crippen LogP contribution >= 0.6 is 0 Å². The van der Waals surface area contributed by atoms with Crippen molar-refractivity contribution >= 4 is 49.3 Å². The summed E-state index contributed by atoms with van der Waals surface area (Å²) >= 11 is 0. The lowest BCUT2D eigenvalue weighted by Crippen LogP contribution is -1.93. The Balaban J connectivity index is 0.000000136. The Labute approximate surface area is 264 Å². The molecule has 0 radical (unpaired) electrons. The van der Waals surface area contributed by atoms with Gasteiger partial charge < -0.3 is 14.1 Å². The zero-order valence-electron chi connectivity index (χ0n) is 24.7. The highest BCUT2D eigenvalue weighted by atomic mass is 16.6. The second-order valence-electron chi connectivity index (χ2n) is 11.2. The fourth-order valence-corrected chi connectivity index (χ4v) is 6.33. The lowest BCUT2D eigenvalue weighted by atomic mass is 10.0. The first-order valence-corrected chi connectivity index (χ1v) is 15.1. The molecule has 6 heteroatoms. The topological polar surface area (TPSA) is 68.8 Å². The molecule has 0 unspecified atom stereocenters. The molecule has 0 bridgehead atoms. The maximum absolute atomic E-state index is 11.3. The smallest absolute Gasteiger partial charge is 0.277 e.